The molecule has 0 bridgehead atoms. The van der Waals surface area contributed by atoms with Crippen LogP contribution < -0.4 is 5.73 Å². The summed E-state index contributed by atoms with van der Waals surface area (Å²) < 4.78 is 2.04. The number of hydrogen-bond acceptors (Lipinski definition) is 2. The van der Waals surface area contributed by atoms with E-state index >= 15 is 0 Å². The standard InChI is InChI=1S/C12H23N3/c1-6-8(2)12(13)7-15-11(5)9(3)10(4)14-15/h8,12H,6-7,13H2,1-5H3. The van der Waals surface area contributed by atoms with Crippen molar-refractivity contribution in [2.45, 2.75) is 53.6 Å². The summed E-state index contributed by atoms with van der Waals surface area (Å²) in [6, 6.07) is 0.201. The lowest BCUT2D eigenvalue weighted by atomic mass is 10.0. The van der Waals surface area contributed by atoms with Crippen molar-refractivity contribution in [3.63, 3.8) is 0 Å². The van der Waals surface area contributed by atoms with Crippen LogP contribution in [0.5, 0.6) is 0 Å². The van der Waals surface area contributed by atoms with Gasteiger partial charge in [-0.25, -0.2) is 0 Å². The van der Waals surface area contributed by atoms with Gasteiger partial charge >= 0.3 is 0 Å². The fourth-order valence-electron chi connectivity index (χ4n) is 1.65. The average molecular weight is 209 g/mol. The summed E-state index contributed by atoms with van der Waals surface area (Å²) in [5.74, 6) is 0.550. The van der Waals surface area contributed by atoms with Gasteiger partial charge in [0.05, 0.1) is 12.2 Å². The smallest absolute Gasteiger partial charge is 0.0625 e. The highest BCUT2D eigenvalue weighted by Crippen LogP contribution is 2.13. The monoisotopic (exact) mass is 209 g/mol. The molecular formula is C12H23N3. The van der Waals surface area contributed by atoms with E-state index in [9.17, 15) is 0 Å². The van der Waals surface area contributed by atoms with Crippen molar-refractivity contribution in [2.75, 3.05) is 0 Å². The Hall–Kier alpha value is -0.830. The average Bonchev–Trinajstić information content (AvgIpc) is 2.45. The molecule has 0 aliphatic carbocycles. The normalized spacial score (nSPS) is 15.3. The third-order valence-electron chi connectivity index (χ3n) is 3.50. The largest absolute Gasteiger partial charge is 0.326 e. The summed E-state index contributed by atoms with van der Waals surface area (Å²) >= 11 is 0. The van der Waals surface area contributed by atoms with E-state index in [0.717, 1.165) is 18.7 Å². The molecule has 0 radical (unpaired) electrons. The van der Waals surface area contributed by atoms with Crippen molar-refractivity contribution in [1.29, 1.82) is 0 Å². The molecule has 1 aromatic rings. The van der Waals surface area contributed by atoms with Crippen molar-refractivity contribution in [3.05, 3.63) is 17.0 Å². The van der Waals surface area contributed by atoms with E-state index in [1.54, 1.807) is 0 Å². The van der Waals surface area contributed by atoms with Crippen LogP contribution in [-0.4, -0.2) is 15.8 Å². The zero-order valence-corrected chi connectivity index (χ0v) is 10.5. The van der Waals surface area contributed by atoms with Crippen LogP contribution in [0.25, 0.3) is 0 Å². The van der Waals surface area contributed by atoms with E-state index in [1.807, 2.05) is 11.6 Å². The number of aryl methyl sites for hydroxylation is 1. The highest BCUT2D eigenvalue weighted by molar-refractivity contribution is 5.22. The molecule has 2 unspecified atom stereocenters. The molecule has 1 aromatic heterocycles. The first-order valence-electron chi connectivity index (χ1n) is 5.73. The molecule has 0 saturated heterocycles. The summed E-state index contributed by atoms with van der Waals surface area (Å²) in [6.45, 7) is 11.5. The predicted octanol–water partition coefficient (Wildman–Crippen LogP) is 2.18. The van der Waals surface area contributed by atoms with Crippen molar-refractivity contribution >= 4 is 0 Å². The van der Waals surface area contributed by atoms with Gasteiger partial charge in [-0.05, 0) is 32.3 Å². The number of rotatable bonds is 4. The molecule has 2 atom stereocenters. The van der Waals surface area contributed by atoms with E-state index < -0.39 is 0 Å². The molecule has 0 aliphatic rings. The number of aromatic nitrogens is 2. The quantitative estimate of drug-likeness (QED) is 0.826. The second kappa shape index (κ2) is 4.79. The number of nitrogens with zero attached hydrogens (tertiary/aromatic N) is 2. The number of nitrogens with two attached hydrogens (primary N) is 1. The molecule has 0 aromatic carbocycles. The van der Waals surface area contributed by atoms with Gasteiger partial charge in [-0.3, -0.25) is 4.68 Å². The van der Waals surface area contributed by atoms with Crippen molar-refractivity contribution in [1.82, 2.24) is 9.78 Å². The van der Waals surface area contributed by atoms with Crippen molar-refractivity contribution in [2.24, 2.45) is 11.7 Å². The first-order chi connectivity index (χ1) is 6.97. The van der Waals surface area contributed by atoms with Gasteiger partial charge < -0.3 is 5.73 Å². The Morgan fingerprint density at radius 1 is 1.33 bits per heavy atom. The fraction of sp³-hybridized carbons (Fsp3) is 0.750. The van der Waals surface area contributed by atoms with Gasteiger partial charge in [0.15, 0.2) is 0 Å². The highest BCUT2D eigenvalue weighted by atomic mass is 15.3. The SMILES string of the molecule is CCC(C)C(N)Cn1nc(C)c(C)c1C. The summed E-state index contributed by atoms with van der Waals surface area (Å²) in [4.78, 5) is 0. The maximum Gasteiger partial charge on any atom is 0.0625 e. The van der Waals surface area contributed by atoms with Crippen LogP contribution in [0.3, 0.4) is 0 Å². The van der Waals surface area contributed by atoms with E-state index in [-0.39, 0.29) is 6.04 Å². The van der Waals surface area contributed by atoms with Gasteiger partial charge in [-0.2, -0.15) is 5.10 Å². The van der Waals surface area contributed by atoms with Gasteiger partial charge in [0.25, 0.3) is 0 Å². The van der Waals surface area contributed by atoms with Gasteiger partial charge in [-0.1, -0.05) is 20.3 Å². The van der Waals surface area contributed by atoms with Crippen LogP contribution in [0.2, 0.25) is 0 Å². The van der Waals surface area contributed by atoms with Crippen LogP contribution in [0.15, 0.2) is 0 Å². The van der Waals surface area contributed by atoms with Gasteiger partial charge in [0.1, 0.15) is 0 Å². The Morgan fingerprint density at radius 3 is 2.33 bits per heavy atom. The third kappa shape index (κ3) is 2.59. The van der Waals surface area contributed by atoms with Crippen LogP contribution in [0, 0.1) is 26.7 Å². The molecule has 0 amide bonds. The van der Waals surface area contributed by atoms with E-state index in [1.165, 1.54) is 11.3 Å². The molecule has 3 nitrogen and oxygen atoms in total. The molecule has 0 aliphatic heterocycles. The fourth-order valence-corrected chi connectivity index (χ4v) is 1.65. The predicted molar refractivity (Wildman–Crippen MR) is 63.9 cm³/mol. The number of hydrogen-bond donors (Lipinski definition) is 1. The Kier molecular flexibility index (Phi) is 3.91. The molecule has 15 heavy (non-hydrogen) atoms. The van der Waals surface area contributed by atoms with Crippen LogP contribution >= 0.6 is 0 Å². The van der Waals surface area contributed by atoms with Crippen LogP contribution in [0.1, 0.15) is 37.2 Å². The molecule has 0 fully saturated rings. The molecule has 0 saturated carbocycles. The topological polar surface area (TPSA) is 43.8 Å². The lowest BCUT2D eigenvalue weighted by Crippen LogP contribution is -2.33. The summed E-state index contributed by atoms with van der Waals surface area (Å²) in [5.41, 5.74) is 9.77. The minimum absolute atomic E-state index is 0.201. The Bertz CT molecular complexity index is 328. The first kappa shape index (κ1) is 12.2. The first-order valence-corrected chi connectivity index (χ1v) is 5.73. The molecule has 1 rings (SSSR count). The van der Waals surface area contributed by atoms with Crippen molar-refractivity contribution < 1.29 is 0 Å². The molecular weight excluding hydrogens is 186 g/mol. The molecule has 0 spiro atoms. The van der Waals surface area contributed by atoms with E-state index in [2.05, 4.69) is 32.8 Å². The van der Waals surface area contributed by atoms with Gasteiger partial charge in [0, 0.05) is 11.7 Å². The molecule has 86 valence electrons. The Balaban J connectivity index is 2.77. The summed E-state index contributed by atoms with van der Waals surface area (Å²) in [5, 5.41) is 4.50. The zero-order valence-electron chi connectivity index (χ0n) is 10.5. The summed E-state index contributed by atoms with van der Waals surface area (Å²) in [6.07, 6.45) is 1.12. The Morgan fingerprint density at radius 2 is 1.93 bits per heavy atom. The minimum atomic E-state index is 0.201. The van der Waals surface area contributed by atoms with Crippen LogP contribution in [-0.2, 0) is 6.54 Å². The lowest BCUT2D eigenvalue weighted by Gasteiger charge is -2.18. The van der Waals surface area contributed by atoms with E-state index in [4.69, 9.17) is 5.73 Å². The second-order valence-corrected chi connectivity index (χ2v) is 4.53. The Labute approximate surface area is 92.7 Å². The zero-order chi connectivity index (χ0) is 11.6. The van der Waals surface area contributed by atoms with Gasteiger partial charge in [0.2, 0.25) is 0 Å². The molecule has 3 heteroatoms. The maximum atomic E-state index is 6.13. The lowest BCUT2D eigenvalue weighted by molar-refractivity contribution is 0.377. The van der Waals surface area contributed by atoms with E-state index in [0.29, 0.717) is 5.92 Å². The molecule has 1 heterocycles. The maximum absolute atomic E-state index is 6.13. The third-order valence-corrected chi connectivity index (χ3v) is 3.50. The molecule has 2 N–H and O–H groups in total. The van der Waals surface area contributed by atoms with Crippen molar-refractivity contribution in [3.8, 4) is 0 Å². The van der Waals surface area contributed by atoms with Gasteiger partial charge in [-0.15, -0.1) is 0 Å². The minimum Gasteiger partial charge on any atom is -0.326 e. The summed E-state index contributed by atoms with van der Waals surface area (Å²) in [7, 11) is 0. The highest BCUT2D eigenvalue weighted by Gasteiger charge is 2.14. The second-order valence-electron chi connectivity index (χ2n) is 4.53. The van der Waals surface area contributed by atoms with Crippen LogP contribution in [0.4, 0.5) is 0 Å².